The second-order valence-electron chi connectivity index (χ2n) is 7.56. The van der Waals surface area contributed by atoms with Crippen molar-refractivity contribution in [2.75, 3.05) is 25.0 Å². The number of carbonyl (C=O) groups excluding carboxylic acids is 1. The van der Waals surface area contributed by atoms with Crippen LogP contribution in [0.15, 0.2) is 24.3 Å². The fraction of sp³-hybridized carbons (Fsp3) is 0.650. The van der Waals surface area contributed by atoms with Gasteiger partial charge < -0.3 is 25.8 Å². The van der Waals surface area contributed by atoms with Crippen LogP contribution in [0.4, 0.5) is 10.5 Å². The molecule has 0 aliphatic heterocycles. The van der Waals surface area contributed by atoms with Gasteiger partial charge in [-0.2, -0.15) is 0 Å². The van der Waals surface area contributed by atoms with Gasteiger partial charge >= 0.3 is 6.03 Å². The highest BCUT2D eigenvalue weighted by molar-refractivity contribution is 5.89. The summed E-state index contributed by atoms with van der Waals surface area (Å²) in [7, 11) is 0. The van der Waals surface area contributed by atoms with Gasteiger partial charge in [0.2, 0.25) is 0 Å². The summed E-state index contributed by atoms with van der Waals surface area (Å²) in [6, 6.07) is 6.93. The van der Waals surface area contributed by atoms with Crippen molar-refractivity contribution in [1.29, 1.82) is 0 Å². The summed E-state index contributed by atoms with van der Waals surface area (Å²) in [5.74, 6) is 0.658. The largest absolute Gasteiger partial charge is 0.491 e. The van der Waals surface area contributed by atoms with Crippen LogP contribution in [0.1, 0.15) is 53.4 Å². The molecule has 148 valence electrons. The Morgan fingerprint density at radius 3 is 2.46 bits per heavy atom. The molecule has 0 radical (unpaired) electrons. The van der Waals surface area contributed by atoms with E-state index in [1.54, 1.807) is 24.3 Å². The monoisotopic (exact) mass is 365 g/mol. The molecule has 0 bridgehead atoms. The van der Waals surface area contributed by atoms with E-state index in [1.807, 2.05) is 20.8 Å². The number of hydrogen-bond donors (Lipinski definition) is 4. The Bertz CT molecular complexity index is 512. The minimum atomic E-state index is -0.578. The zero-order valence-electron chi connectivity index (χ0n) is 16.6. The van der Waals surface area contributed by atoms with Crippen LogP contribution in [0.2, 0.25) is 0 Å². The summed E-state index contributed by atoms with van der Waals surface area (Å²) in [6.07, 6.45) is 3.95. The number of anilines is 1. The fourth-order valence-electron chi connectivity index (χ4n) is 2.24. The molecule has 0 heterocycles. The zero-order chi connectivity index (χ0) is 19.4. The van der Waals surface area contributed by atoms with Crippen molar-refractivity contribution in [3.63, 3.8) is 0 Å². The molecule has 26 heavy (non-hydrogen) atoms. The number of amides is 2. The van der Waals surface area contributed by atoms with Gasteiger partial charge in [-0.15, -0.1) is 0 Å². The topological polar surface area (TPSA) is 82.6 Å². The molecular formula is C20H35N3O3. The summed E-state index contributed by atoms with van der Waals surface area (Å²) in [6.45, 7) is 9.69. The van der Waals surface area contributed by atoms with Crippen LogP contribution < -0.4 is 20.7 Å². The van der Waals surface area contributed by atoms with Crippen molar-refractivity contribution in [3.05, 3.63) is 24.3 Å². The first kappa shape index (κ1) is 22.3. The molecule has 1 aromatic carbocycles. The highest BCUT2D eigenvalue weighted by Gasteiger charge is 2.12. The van der Waals surface area contributed by atoms with Gasteiger partial charge in [0.1, 0.15) is 18.5 Å². The van der Waals surface area contributed by atoms with E-state index in [0.29, 0.717) is 24.5 Å². The molecule has 4 N–H and O–H groups in total. The van der Waals surface area contributed by atoms with Gasteiger partial charge in [-0.05, 0) is 51.5 Å². The molecule has 1 rings (SSSR count). The minimum Gasteiger partial charge on any atom is -0.491 e. The molecular weight excluding hydrogens is 330 g/mol. The van der Waals surface area contributed by atoms with Crippen molar-refractivity contribution < 1.29 is 14.6 Å². The van der Waals surface area contributed by atoms with E-state index in [1.165, 1.54) is 12.8 Å². The van der Waals surface area contributed by atoms with Crippen molar-refractivity contribution in [1.82, 2.24) is 10.6 Å². The number of benzene rings is 1. The Morgan fingerprint density at radius 1 is 1.15 bits per heavy atom. The first-order chi connectivity index (χ1) is 12.3. The van der Waals surface area contributed by atoms with Crippen LogP contribution in [0.5, 0.6) is 5.75 Å². The molecule has 0 unspecified atom stereocenters. The van der Waals surface area contributed by atoms with Crippen LogP contribution in [0, 0.1) is 0 Å². The minimum absolute atomic E-state index is 0.0368. The van der Waals surface area contributed by atoms with Crippen LogP contribution >= 0.6 is 0 Å². The molecule has 0 saturated carbocycles. The molecule has 6 heteroatoms. The van der Waals surface area contributed by atoms with Crippen LogP contribution in [0.25, 0.3) is 0 Å². The average molecular weight is 366 g/mol. The number of ether oxygens (including phenoxy) is 1. The maximum atomic E-state index is 11.8. The molecule has 0 fully saturated rings. The third kappa shape index (κ3) is 10.9. The van der Waals surface area contributed by atoms with E-state index < -0.39 is 6.10 Å². The number of hydrogen-bond acceptors (Lipinski definition) is 4. The summed E-state index contributed by atoms with van der Waals surface area (Å²) in [5, 5.41) is 18.8. The third-order valence-corrected chi connectivity index (χ3v) is 3.74. The van der Waals surface area contributed by atoms with E-state index in [2.05, 4.69) is 22.9 Å². The van der Waals surface area contributed by atoms with Crippen molar-refractivity contribution in [2.45, 2.75) is 65.0 Å². The third-order valence-electron chi connectivity index (χ3n) is 3.74. The number of urea groups is 1. The van der Waals surface area contributed by atoms with E-state index >= 15 is 0 Å². The van der Waals surface area contributed by atoms with Gasteiger partial charge in [0.15, 0.2) is 0 Å². The SMILES string of the molecule is CCCCCCNC(=O)Nc1ccc(OC[C@H](O)CNC(C)(C)C)cc1. The van der Waals surface area contributed by atoms with Gasteiger partial charge in [0.05, 0.1) is 0 Å². The number of aliphatic hydroxyl groups is 1. The number of rotatable bonds is 11. The van der Waals surface area contributed by atoms with Gasteiger partial charge in [-0.25, -0.2) is 4.79 Å². The predicted octanol–water partition coefficient (Wildman–Crippen LogP) is 3.52. The average Bonchev–Trinajstić information content (AvgIpc) is 2.58. The molecule has 2 amide bonds. The van der Waals surface area contributed by atoms with Crippen molar-refractivity contribution >= 4 is 11.7 Å². The Kier molecular flexibility index (Phi) is 10.1. The molecule has 0 aromatic heterocycles. The fourth-order valence-corrected chi connectivity index (χ4v) is 2.24. The second-order valence-corrected chi connectivity index (χ2v) is 7.56. The Hall–Kier alpha value is -1.79. The lowest BCUT2D eigenvalue weighted by Crippen LogP contribution is -2.42. The smallest absolute Gasteiger partial charge is 0.319 e. The Labute approximate surface area is 157 Å². The van der Waals surface area contributed by atoms with Crippen molar-refractivity contribution in [2.24, 2.45) is 0 Å². The highest BCUT2D eigenvalue weighted by Crippen LogP contribution is 2.16. The predicted molar refractivity (Wildman–Crippen MR) is 107 cm³/mol. The highest BCUT2D eigenvalue weighted by atomic mass is 16.5. The maximum Gasteiger partial charge on any atom is 0.319 e. The quantitative estimate of drug-likeness (QED) is 0.452. The zero-order valence-corrected chi connectivity index (χ0v) is 16.6. The molecule has 0 aliphatic carbocycles. The standard InChI is InChI=1S/C20H35N3O3/c1-5-6-7-8-13-21-19(25)23-16-9-11-18(12-10-16)26-15-17(24)14-22-20(2,3)4/h9-12,17,22,24H,5-8,13-15H2,1-4H3,(H2,21,23,25)/t17-/m1/s1. The van der Waals surface area contributed by atoms with Gasteiger partial charge in [0.25, 0.3) is 0 Å². The Balaban J connectivity index is 2.27. The number of β-amino-alcohol motifs (C(OH)–C–C–N with tert-alkyl or cyclic N) is 1. The molecule has 1 atom stereocenters. The summed E-state index contributed by atoms with van der Waals surface area (Å²) < 4.78 is 5.58. The molecule has 0 spiro atoms. The van der Waals surface area contributed by atoms with Crippen LogP contribution in [-0.4, -0.2) is 42.5 Å². The van der Waals surface area contributed by atoms with E-state index in [9.17, 15) is 9.90 Å². The van der Waals surface area contributed by atoms with E-state index in [4.69, 9.17) is 4.74 Å². The first-order valence-corrected chi connectivity index (χ1v) is 9.51. The van der Waals surface area contributed by atoms with E-state index in [-0.39, 0.29) is 18.2 Å². The lowest BCUT2D eigenvalue weighted by Gasteiger charge is -2.23. The van der Waals surface area contributed by atoms with Crippen LogP contribution in [-0.2, 0) is 0 Å². The van der Waals surface area contributed by atoms with Gasteiger partial charge in [-0.1, -0.05) is 26.2 Å². The van der Waals surface area contributed by atoms with Crippen LogP contribution in [0.3, 0.4) is 0 Å². The molecule has 0 aliphatic rings. The van der Waals surface area contributed by atoms with E-state index in [0.717, 1.165) is 12.8 Å². The molecule has 0 saturated heterocycles. The summed E-state index contributed by atoms with van der Waals surface area (Å²) in [4.78, 5) is 11.8. The van der Waals surface area contributed by atoms with Gasteiger partial charge in [0, 0.05) is 24.3 Å². The summed E-state index contributed by atoms with van der Waals surface area (Å²) >= 11 is 0. The number of aliphatic hydroxyl groups excluding tert-OH is 1. The second kappa shape index (κ2) is 11.8. The normalized spacial score (nSPS) is 12.5. The number of carbonyl (C=O) groups is 1. The summed E-state index contributed by atoms with van der Waals surface area (Å²) in [5.41, 5.74) is 0.670. The Morgan fingerprint density at radius 2 is 1.85 bits per heavy atom. The maximum absolute atomic E-state index is 11.8. The number of unbranched alkanes of at least 4 members (excludes halogenated alkanes) is 3. The van der Waals surface area contributed by atoms with Crippen molar-refractivity contribution in [3.8, 4) is 5.75 Å². The number of nitrogens with one attached hydrogen (secondary N) is 3. The first-order valence-electron chi connectivity index (χ1n) is 9.51. The molecule has 6 nitrogen and oxygen atoms in total. The lowest BCUT2D eigenvalue weighted by molar-refractivity contribution is 0.100. The van der Waals surface area contributed by atoms with Gasteiger partial charge in [-0.3, -0.25) is 0 Å². The lowest BCUT2D eigenvalue weighted by atomic mass is 10.1. The molecule has 1 aromatic rings.